The van der Waals surface area contributed by atoms with E-state index in [0.29, 0.717) is 42.9 Å². The summed E-state index contributed by atoms with van der Waals surface area (Å²) in [4.78, 5) is 16.8. The third-order valence-electron chi connectivity index (χ3n) is 5.09. The fraction of sp³-hybridized carbons (Fsp3) is 0.227. The molecule has 0 saturated heterocycles. The summed E-state index contributed by atoms with van der Waals surface area (Å²) in [5, 5.41) is 7.69. The van der Waals surface area contributed by atoms with Crippen molar-refractivity contribution in [2.75, 3.05) is 30.3 Å². The minimum Gasteiger partial charge on any atom is -0.485 e. The molecule has 0 unspecified atom stereocenters. The molecule has 0 aliphatic carbocycles. The van der Waals surface area contributed by atoms with Gasteiger partial charge in [-0.1, -0.05) is 0 Å². The van der Waals surface area contributed by atoms with Crippen LogP contribution in [0, 0.1) is 12.7 Å². The second-order valence-corrected chi connectivity index (χ2v) is 7.22. The standard InChI is InChI=1S/C22H21FN6O/c1-13-2-3-15(12-26-13)20-28-21(19-22(29-20)25-8-9-30-19)24-7-6-14-11-27-18-10-16(23)4-5-17(14)18/h2-5,10-12,27H,6-9H2,1H3,(H2,24,25,28,29). The Hall–Kier alpha value is -3.68. The Morgan fingerprint density at radius 3 is 3.00 bits per heavy atom. The largest absolute Gasteiger partial charge is 0.485 e. The maximum absolute atomic E-state index is 13.4. The third-order valence-corrected chi connectivity index (χ3v) is 5.09. The Balaban J connectivity index is 1.40. The topological polar surface area (TPSA) is 87.8 Å². The van der Waals surface area contributed by atoms with E-state index in [4.69, 9.17) is 9.72 Å². The van der Waals surface area contributed by atoms with Gasteiger partial charge in [0.2, 0.25) is 5.75 Å². The summed E-state index contributed by atoms with van der Waals surface area (Å²) in [7, 11) is 0. The molecule has 4 aromatic rings. The van der Waals surface area contributed by atoms with Gasteiger partial charge in [-0.2, -0.15) is 0 Å². The van der Waals surface area contributed by atoms with Gasteiger partial charge in [-0.05, 0) is 49.2 Å². The summed E-state index contributed by atoms with van der Waals surface area (Å²) >= 11 is 0. The van der Waals surface area contributed by atoms with Gasteiger partial charge in [0.15, 0.2) is 17.5 Å². The average molecular weight is 404 g/mol. The number of H-pyrrole nitrogens is 1. The molecular weight excluding hydrogens is 383 g/mol. The van der Waals surface area contributed by atoms with Gasteiger partial charge in [-0.3, -0.25) is 4.98 Å². The molecule has 0 atom stereocenters. The fourth-order valence-electron chi connectivity index (χ4n) is 3.56. The number of nitrogens with one attached hydrogen (secondary N) is 3. The zero-order valence-corrected chi connectivity index (χ0v) is 16.5. The lowest BCUT2D eigenvalue weighted by Gasteiger charge is -2.21. The van der Waals surface area contributed by atoms with E-state index in [1.807, 2.05) is 25.3 Å². The molecule has 3 aromatic heterocycles. The number of nitrogens with zero attached hydrogens (tertiary/aromatic N) is 3. The van der Waals surface area contributed by atoms with Gasteiger partial charge in [0.05, 0.1) is 6.54 Å². The quantitative estimate of drug-likeness (QED) is 0.467. The SMILES string of the molecule is Cc1ccc(-c2nc3c(c(NCCc4c[nH]c5cc(F)ccc45)n2)OCCN3)cn1. The van der Waals surface area contributed by atoms with Crippen LogP contribution in [0.5, 0.6) is 5.75 Å². The molecule has 1 aliphatic heterocycles. The lowest BCUT2D eigenvalue weighted by Crippen LogP contribution is -2.21. The molecule has 0 fully saturated rings. The van der Waals surface area contributed by atoms with Crippen molar-refractivity contribution in [3.05, 3.63) is 59.8 Å². The predicted molar refractivity (Wildman–Crippen MR) is 114 cm³/mol. The molecule has 0 amide bonds. The van der Waals surface area contributed by atoms with Crippen LogP contribution in [0.3, 0.4) is 0 Å². The van der Waals surface area contributed by atoms with Crippen molar-refractivity contribution in [3.63, 3.8) is 0 Å². The highest BCUT2D eigenvalue weighted by atomic mass is 19.1. The van der Waals surface area contributed by atoms with Gasteiger partial charge < -0.3 is 20.4 Å². The number of hydrogen-bond donors (Lipinski definition) is 3. The van der Waals surface area contributed by atoms with Crippen molar-refractivity contribution in [3.8, 4) is 17.1 Å². The summed E-state index contributed by atoms with van der Waals surface area (Å²) in [6.45, 7) is 3.84. The highest BCUT2D eigenvalue weighted by Gasteiger charge is 2.20. The van der Waals surface area contributed by atoms with Crippen molar-refractivity contribution < 1.29 is 9.13 Å². The first-order chi connectivity index (χ1) is 14.7. The molecule has 0 spiro atoms. The minimum absolute atomic E-state index is 0.246. The van der Waals surface area contributed by atoms with Crippen LogP contribution < -0.4 is 15.4 Å². The van der Waals surface area contributed by atoms with Crippen LogP contribution in [-0.4, -0.2) is 39.6 Å². The lowest BCUT2D eigenvalue weighted by molar-refractivity contribution is 0.321. The summed E-state index contributed by atoms with van der Waals surface area (Å²) in [6, 6.07) is 8.69. The smallest absolute Gasteiger partial charge is 0.204 e. The van der Waals surface area contributed by atoms with Crippen LogP contribution in [0.2, 0.25) is 0 Å². The summed E-state index contributed by atoms with van der Waals surface area (Å²) in [6.07, 6.45) is 4.44. The Kier molecular flexibility index (Phi) is 4.66. The molecule has 4 heterocycles. The number of benzene rings is 1. The molecular formula is C22H21FN6O. The number of hydrogen-bond acceptors (Lipinski definition) is 6. The van der Waals surface area contributed by atoms with Crippen molar-refractivity contribution in [2.24, 2.45) is 0 Å². The lowest BCUT2D eigenvalue weighted by atomic mass is 10.1. The highest BCUT2D eigenvalue weighted by Crippen LogP contribution is 2.34. The van der Waals surface area contributed by atoms with Gasteiger partial charge >= 0.3 is 0 Å². The zero-order chi connectivity index (χ0) is 20.5. The molecule has 5 rings (SSSR count). The normalized spacial score (nSPS) is 12.9. The highest BCUT2D eigenvalue weighted by molar-refractivity contribution is 5.83. The number of anilines is 2. The summed E-state index contributed by atoms with van der Waals surface area (Å²) in [5.41, 5.74) is 3.70. The molecule has 152 valence electrons. The van der Waals surface area contributed by atoms with Crippen molar-refractivity contribution in [2.45, 2.75) is 13.3 Å². The number of aromatic amines is 1. The second kappa shape index (κ2) is 7.62. The average Bonchev–Trinajstić information content (AvgIpc) is 3.16. The van der Waals surface area contributed by atoms with Crippen LogP contribution in [0.15, 0.2) is 42.7 Å². The van der Waals surface area contributed by atoms with Gasteiger partial charge in [0.1, 0.15) is 12.4 Å². The molecule has 7 nitrogen and oxygen atoms in total. The van der Waals surface area contributed by atoms with Gasteiger partial charge in [-0.15, -0.1) is 0 Å². The van der Waals surface area contributed by atoms with Crippen LogP contribution >= 0.6 is 0 Å². The first-order valence-electron chi connectivity index (χ1n) is 9.88. The van der Waals surface area contributed by atoms with E-state index >= 15 is 0 Å². The number of aromatic nitrogens is 4. The van der Waals surface area contributed by atoms with E-state index in [2.05, 4.69) is 25.6 Å². The Bertz CT molecular complexity index is 1200. The number of halogens is 1. The molecule has 3 N–H and O–H groups in total. The van der Waals surface area contributed by atoms with E-state index in [0.717, 1.165) is 34.1 Å². The van der Waals surface area contributed by atoms with Gasteiger partial charge in [0, 0.05) is 41.1 Å². The Labute approximate surface area is 172 Å². The predicted octanol–water partition coefficient (Wildman–Crippen LogP) is 3.93. The minimum atomic E-state index is -0.246. The first-order valence-corrected chi connectivity index (χ1v) is 9.88. The Morgan fingerprint density at radius 2 is 2.13 bits per heavy atom. The molecule has 0 bridgehead atoms. The number of ether oxygens (including phenoxy) is 1. The maximum Gasteiger partial charge on any atom is 0.204 e. The van der Waals surface area contributed by atoms with Crippen molar-refractivity contribution in [1.29, 1.82) is 0 Å². The number of pyridine rings is 1. The van der Waals surface area contributed by atoms with Gasteiger partial charge in [0.25, 0.3) is 0 Å². The molecule has 0 radical (unpaired) electrons. The summed E-state index contributed by atoms with van der Waals surface area (Å²) in [5.74, 6) is 2.30. The monoisotopic (exact) mass is 404 g/mol. The van der Waals surface area contributed by atoms with E-state index in [1.54, 1.807) is 12.3 Å². The summed E-state index contributed by atoms with van der Waals surface area (Å²) < 4.78 is 19.2. The van der Waals surface area contributed by atoms with Crippen molar-refractivity contribution >= 4 is 22.5 Å². The molecule has 1 aliphatic rings. The second-order valence-electron chi connectivity index (χ2n) is 7.22. The molecule has 8 heteroatoms. The van der Waals surface area contributed by atoms with Gasteiger partial charge in [-0.25, -0.2) is 14.4 Å². The Morgan fingerprint density at radius 1 is 1.20 bits per heavy atom. The van der Waals surface area contributed by atoms with Crippen LogP contribution in [0.4, 0.5) is 16.0 Å². The van der Waals surface area contributed by atoms with Crippen LogP contribution in [-0.2, 0) is 6.42 Å². The first kappa shape index (κ1) is 18.4. The molecule has 0 saturated carbocycles. The molecule has 1 aromatic carbocycles. The van der Waals surface area contributed by atoms with Crippen molar-refractivity contribution in [1.82, 2.24) is 19.9 Å². The maximum atomic E-state index is 13.4. The van der Waals surface area contributed by atoms with E-state index < -0.39 is 0 Å². The van der Waals surface area contributed by atoms with E-state index in [-0.39, 0.29) is 5.82 Å². The van der Waals surface area contributed by atoms with E-state index in [1.165, 1.54) is 12.1 Å². The third kappa shape index (κ3) is 3.52. The van der Waals surface area contributed by atoms with Crippen LogP contribution in [0.25, 0.3) is 22.3 Å². The zero-order valence-electron chi connectivity index (χ0n) is 16.5. The number of aryl methyl sites for hydroxylation is 1. The van der Waals surface area contributed by atoms with Crippen LogP contribution in [0.1, 0.15) is 11.3 Å². The number of fused-ring (bicyclic) bond motifs is 2. The number of rotatable bonds is 5. The molecule has 30 heavy (non-hydrogen) atoms. The fourth-order valence-corrected chi connectivity index (χ4v) is 3.56. The van der Waals surface area contributed by atoms with E-state index in [9.17, 15) is 4.39 Å².